The van der Waals surface area contributed by atoms with Gasteiger partial charge < -0.3 is 5.32 Å². The van der Waals surface area contributed by atoms with Gasteiger partial charge in [0.05, 0.1) is 16.1 Å². The smallest absolute Gasteiger partial charge is 0.237 e. The second-order valence-corrected chi connectivity index (χ2v) is 6.38. The van der Waals surface area contributed by atoms with E-state index in [1.54, 1.807) is 6.07 Å². The summed E-state index contributed by atoms with van der Waals surface area (Å²) in [6.07, 6.45) is 5.16. The van der Waals surface area contributed by atoms with Gasteiger partial charge in [-0.3, -0.25) is 9.69 Å². The quantitative estimate of drug-likeness (QED) is 0.917. The zero-order chi connectivity index (χ0) is 15.2. The Bertz CT molecular complexity index is 493. The summed E-state index contributed by atoms with van der Waals surface area (Å²) in [6, 6.07) is 5.59. The van der Waals surface area contributed by atoms with E-state index in [1.807, 2.05) is 19.2 Å². The van der Waals surface area contributed by atoms with Gasteiger partial charge in [-0.1, -0.05) is 48.2 Å². The molecule has 5 heteroatoms. The van der Waals surface area contributed by atoms with Crippen LogP contribution in [0.4, 0.5) is 0 Å². The Morgan fingerprint density at radius 1 is 1.33 bits per heavy atom. The predicted octanol–water partition coefficient (Wildman–Crippen LogP) is 3.53. The van der Waals surface area contributed by atoms with Crippen molar-refractivity contribution in [2.45, 2.75) is 38.1 Å². The van der Waals surface area contributed by atoms with Crippen molar-refractivity contribution in [3.8, 4) is 0 Å². The number of nitrogens with one attached hydrogen (secondary N) is 1. The molecule has 1 amide bonds. The summed E-state index contributed by atoms with van der Waals surface area (Å²) >= 11 is 12.1. The maximum atomic E-state index is 12.3. The molecule has 0 aromatic heterocycles. The van der Waals surface area contributed by atoms with Crippen molar-refractivity contribution in [2.24, 2.45) is 0 Å². The predicted molar refractivity (Wildman–Crippen MR) is 88.1 cm³/mol. The molecule has 0 aliphatic carbocycles. The third-order valence-corrected chi connectivity index (χ3v) is 4.91. The molecule has 1 heterocycles. The number of carbonyl (C=O) groups is 1. The van der Waals surface area contributed by atoms with E-state index in [0.717, 1.165) is 24.9 Å². The van der Waals surface area contributed by atoms with E-state index in [0.29, 0.717) is 23.0 Å². The van der Waals surface area contributed by atoms with Gasteiger partial charge in [0.1, 0.15) is 0 Å². The number of rotatable bonds is 4. The van der Waals surface area contributed by atoms with Gasteiger partial charge in [-0.15, -0.1) is 0 Å². The highest BCUT2D eigenvalue weighted by Gasteiger charge is 2.24. The highest BCUT2D eigenvalue weighted by molar-refractivity contribution is 6.42. The highest BCUT2D eigenvalue weighted by atomic mass is 35.5. The number of halogens is 2. The number of carbonyl (C=O) groups excluding carboxylic acids is 1. The van der Waals surface area contributed by atoms with Gasteiger partial charge in [0.2, 0.25) is 5.91 Å². The summed E-state index contributed by atoms with van der Waals surface area (Å²) in [5.74, 6) is 0.123. The second-order valence-electron chi connectivity index (χ2n) is 5.60. The average molecular weight is 329 g/mol. The molecule has 1 aliphatic heterocycles. The summed E-state index contributed by atoms with van der Waals surface area (Å²) < 4.78 is 0. The number of amides is 1. The number of nitrogens with zero attached hydrogens (tertiary/aromatic N) is 1. The lowest BCUT2D eigenvalue weighted by Gasteiger charge is -2.24. The van der Waals surface area contributed by atoms with Crippen LogP contribution in [0.3, 0.4) is 0 Å². The number of likely N-dealkylation sites (tertiary alicyclic amines) is 1. The summed E-state index contributed by atoms with van der Waals surface area (Å²) in [6.45, 7) is 1.58. The molecule has 3 nitrogen and oxygen atoms in total. The second kappa shape index (κ2) is 8.02. The molecule has 116 valence electrons. The van der Waals surface area contributed by atoms with E-state index in [2.05, 4.69) is 10.2 Å². The van der Waals surface area contributed by atoms with Crippen molar-refractivity contribution in [3.05, 3.63) is 33.8 Å². The summed E-state index contributed by atoms with van der Waals surface area (Å²) in [5.41, 5.74) is 0.971. The maximum absolute atomic E-state index is 12.3. The fraction of sp³-hybridized carbons (Fsp3) is 0.562. The molecule has 1 N–H and O–H groups in total. The molecule has 1 aliphatic rings. The standard InChI is InChI=1S/C16H22Cl2N2O/c1-20-11-4-2-3-8-14(20)16(21)19-10-9-12-6-5-7-13(17)15(12)18/h5-7,14H,2-4,8-11H2,1H3,(H,19,21)/t14-/m1/s1. The molecule has 0 spiro atoms. The molecule has 1 saturated heterocycles. The van der Waals surface area contributed by atoms with E-state index in [1.165, 1.54) is 12.8 Å². The Hall–Kier alpha value is -0.770. The fourth-order valence-electron chi connectivity index (χ4n) is 2.76. The van der Waals surface area contributed by atoms with Crippen molar-refractivity contribution < 1.29 is 4.79 Å². The van der Waals surface area contributed by atoms with Crippen molar-refractivity contribution in [1.82, 2.24) is 10.2 Å². The number of benzene rings is 1. The Morgan fingerprint density at radius 2 is 2.14 bits per heavy atom. The molecule has 2 rings (SSSR count). The summed E-state index contributed by atoms with van der Waals surface area (Å²) in [7, 11) is 2.03. The van der Waals surface area contributed by atoms with Crippen LogP contribution in [0.15, 0.2) is 18.2 Å². The zero-order valence-corrected chi connectivity index (χ0v) is 13.9. The normalized spacial score (nSPS) is 20.0. The first-order valence-electron chi connectivity index (χ1n) is 7.50. The molecule has 0 radical (unpaired) electrons. The van der Waals surface area contributed by atoms with Crippen LogP contribution in [-0.4, -0.2) is 37.0 Å². The fourth-order valence-corrected chi connectivity index (χ4v) is 3.18. The maximum Gasteiger partial charge on any atom is 0.237 e. The Labute approximate surface area is 136 Å². The van der Waals surface area contributed by atoms with Gasteiger partial charge in [0, 0.05) is 6.54 Å². The van der Waals surface area contributed by atoms with Crippen LogP contribution < -0.4 is 5.32 Å². The van der Waals surface area contributed by atoms with Crippen molar-refractivity contribution in [2.75, 3.05) is 20.1 Å². The molecule has 21 heavy (non-hydrogen) atoms. The summed E-state index contributed by atoms with van der Waals surface area (Å²) in [5, 5.41) is 4.17. The number of likely N-dealkylation sites (N-methyl/N-ethyl adjacent to an activating group) is 1. The first-order valence-corrected chi connectivity index (χ1v) is 8.26. The average Bonchev–Trinajstić information content (AvgIpc) is 2.68. The van der Waals surface area contributed by atoms with Crippen LogP contribution >= 0.6 is 23.2 Å². The van der Waals surface area contributed by atoms with E-state index < -0.39 is 0 Å². The largest absolute Gasteiger partial charge is 0.354 e. The summed E-state index contributed by atoms with van der Waals surface area (Å²) in [4.78, 5) is 14.5. The van der Waals surface area contributed by atoms with Gasteiger partial charge in [-0.05, 0) is 44.5 Å². The Morgan fingerprint density at radius 3 is 2.95 bits per heavy atom. The lowest BCUT2D eigenvalue weighted by molar-refractivity contribution is -0.126. The van der Waals surface area contributed by atoms with Crippen LogP contribution in [0.5, 0.6) is 0 Å². The molecule has 0 bridgehead atoms. The Balaban J connectivity index is 1.85. The third kappa shape index (κ3) is 4.60. The lowest BCUT2D eigenvalue weighted by atomic mass is 10.1. The third-order valence-electron chi connectivity index (χ3n) is 4.05. The van der Waals surface area contributed by atoms with E-state index in [4.69, 9.17) is 23.2 Å². The minimum absolute atomic E-state index is 0.00216. The van der Waals surface area contributed by atoms with Gasteiger partial charge >= 0.3 is 0 Å². The van der Waals surface area contributed by atoms with E-state index in [-0.39, 0.29) is 11.9 Å². The minimum Gasteiger partial charge on any atom is -0.354 e. The van der Waals surface area contributed by atoms with Crippen molar-refractivity contribution >= 4 is 29.1 Å². The van der Waals surface area contributed by atoms with E-state index >= 15 is 0 Å². The van der Waals surface area contributed by atoms with Gasteiger partial charge in [0.15, 0.2) is 0 Å². The molecule has 1 atom stereocenters. The van der Waals surface area contributed by atoms with Gasteiger partial charge in [0.25, 0.3) is 0 Å². The number of hydrogen-bond acceptors (Lipinski definition) is 2. The first kappa shape index (κ1) is 16.6. The minimum atomic E-state index is 0.00216. The molecule has 0 unspecified atom stereocenters. The van der Waals surface area contributed by atoms with Gasteiger partial charge in [-0.2, -0.15) is 0 Å². The van der Waals surface area contributed by atoms with Gasteiger partial charge in [-0.25, -0.2) is 0 Å². The molecule has 1 fully saturated rings. The van der Waals surface area contributed by atoms with Crippen LogP contribution in [0.1, 0.15) is 31.2 Å². The van der Waals surface area contributed by atoms with Crippen LogP contribution in [-0.2, 0) is 11.2 Å². The molecular weight excluding hydrogens is 307 g/mol. The zero-order valence-electron chi connectivity index (χ0n) is 12.4. The lowest BCUT2D eigenvalue weighted by Crippen LogP contribution is -2.45. The molecule has 1 aromatic rings. The van der Waals surface area contributed by atoms with Crippen LogP contribution in [0, 0.1) is 0 Å². The van der Waals surface area contributed by atoms with Crippen LogP contribution in [0.2, 0.25) is 10.0 Å². The molecular formula is C16H22Cl2N2O. The molecule has 1 aromatic carbocycles. The Kier molecular flexibility index (Phi) is 6.34. The SMILES string of the molecule is CN1CCCCC[C@@H]1C(=O)NCCc1cccc(Cl)c1Cl. The highest BCUT2D eigenvalue weighted by Crippen LogP contribution is 2.25. The number of hydrogen-bond donors (Lipinski definition) is 1. The first-order chi connectivity index (χ1) is 10.1. The van der Waals surface area contributed by atoms with E-state index in [9.17, 15) is 4.79 Å². The monoisotopic (exact) mass is 328 g/mol. The topological polar surface area (TPSA) is 32.3 Å². The van der Waals surface area contributed by atoms with Crippen molar-refractivity contribution in [1.29, 1.82) is 0 Å². The van der Waals surface area contributed by atoms with Crippen molar-refractivity contribution in [3.63, 3.8) is 0 Å². The molecule has 0 saturated carbocycles. The van der Waals surface area contributed by atoms with Crippen LogP contribution in [0.25, 0.3) is 0 Å².